The van der Waals surface area contributed by atoms with Gasteiger partial charge in [0, 0.05) is 8.59 Å². The van der Waals surface area contributed by atoms with Crippen LogP contribution in [0, 0.1) is 3.57 Å². The SMILES string of the molecule is O=C(Oc1ccc(I)cc1)c1cccc(Cl)c1. The zero-order chi connectivity index (χ0) is 12.3. The Kier molecular flexibility index (Phi) is 4.02. The summed E-state index contributed by atoms with van der Waals surface area (Å²) in [5.74, 6) is 0.115. The fourth-order valence-corrected chi connectivity index (χ4v) is 1.83. The van der Waals surface area contributed by atoms with E-state index in [1.54, 1.807) is 36.4 Å². The molecule has 0 unspecified atom stereocenters. The topological polar surface area (TPSA) is 26.3 Å². The van der Waals surface area contributed by atoms with Crippen LogP contribution in [0.1, 0.15) is 10.4 Å². The summed E-state index contributed by atoms with van der Waals surface area (Å²) in [4.78, 5) is 11.8. The molecule has 0 spiro atoms. The van der Waals surface area contributed by atoms with Crippen molar-refractivity contribution >= 4 is 40.2 Å². The average molecular weight is 359 g/mol. The Labute approximate surface area is 118 Å². The predicted octanol–water partition coefficient (Wildman–Crippen LogP) is 4.16. The highest BCUT2D eigenvalue weighted by molar-refractivity contribution is 14.1. The van der Waals surface area contributed by atoms with Crippen molar-refractivity contribution in [2.24, 2.45) is 0 Å². The Morgan fingerprint density at radius 1 is 1.12 bits per heavy atom. The number of hydrogen-bond donors (Lipinski definition) is 0. The molecule has 2 rings (SSSR count). The number of halogens is 2. The maximum Gasteiger partial charge on any atom is 0.343 e. The van der Waals surface area contributed by atoms with Gasteiger partial charge >= 0.3 is 5.97 Å². The second-order valence-corrected chi connectivity index (χ2v) is 5.04. The van der Waals surface area contributed by atoms with Crippen LogP contribution in [0.15, 0.2) is 48.5 Å². The van der Waals surface area contributed by atoms with E-state index < -0.39 is 5.97 Å². The molecule has 0 N–H and O–H groups in total. The molecule has 0 atom stereocenters. The lowest BCUT2D eigenvalue weighted by Crippen LogP contribution is -2.08. The summed E-state index contributed by atoms with van der Waals surface area (Å²) in [7, 11) is 0. The van der Waals surface area contributed by atoms with Crippen LogP contribution in [-0.4, -0.2) is 5.97 Å². The summed E-state index contributed by atoms with van der Waals surface area (Å²) in [5, 5.41) is 0.516. The third-order valence-corrected chi connectivity index (χ3v) is 3.04. The molecule has 2 aromatic carbocycles. The van der Waals surface area contributed by atoms with Gasteiger partial charge in [0.15, 0.2) is 0 Å². The third kappa shape index (κ3) is 3.44. The summed E-state index contributed by atoms with van der Waals surface area (Å²) < 4.78 is 6.30. The van der Waals surface area contributed by atoms with Gasteiger partial charge in [0.05, 0.1) is 5.56 Å². The number of carbonyl (C=O) groups is 1. The van der Waals surface area contributed by atoms with E-state index in [-0.39, 0.29) is 0 Å². The van der Waals surface area contributed by atoms with E-state index >= 15 is 0 Å². The maximum absolute atomic E-state index is 11.8. The van der Waals surface area contributed by atoms with E-state index in [9.17, 15) is 4.79 Å². The molecule has 0 fully saturated rings. The molecule has 0 saturated carbocycles. The van der Waals surface area contributed by atoms with E-state index in [0.717, 1.165) is 3.57 Å². The first-order chi connectivity index (χ1) is 8.15. The Balaban J connectivity index is 2.14. The smallest absolute Gasteiger partial charge is 0.343 e. The van der Waals surface area contributed by atoms with Crippen molar-refractivity contribution in [3.63, 3.8) is 0 Å². The molecule has 0 saturated heterocycles. The van der Waals surface area contributed by atoms with Crippen LogP contribution < -0.4 is 4.74 Å². The Morgan fingerprint density at radius 2 is 1.82 bits per heavy atom. The van der Waals surface area contributed by atoms with Gasteiger partial charge in [-0.3, -0.25) is 0 Å². The molecule has 0 amide bonds. The molecular weight excluding hydrogens is 350 g/mol. The van der Waals surface area contributed by atoms with E-state index in [1.165, 1.54) is 0 Å². The van der Waals surface area contributed by atoms with Crippen molar-refractivity contribution in [3.8, 4) is 5.75 Å². The fraction of sp³-hybridized carbons (Fsp3) is 0. The number of hydrogen-bond acceptors (Lipinski definition) is 2. The standard InChI is InChI=1S/C13H8ClIO2/c14-10-3-1-2-9(8-10)13(16)17-12-6-4-11(15)5-7-12/h1-8H. The largest absolute Gasteiger partial charge is 0.423 e. The van der Waals surface area contributed by atoms with Crippen molar-refractivity contribution < 1.29 is 9.53 Å². The first kappa shape index (κ1) is 12.4. The van der Waals surface area contributed by atoms with Crippen LogP contribution in [0.25, 0.3) is 0 Å². The van der Waals surface area contributed by atoms with Crippen molar-refractivity contribution in [2.75, 3.05) is 0 Å². The third-order valence-electron chi connectivity index (χ3n) is 2.08. The molecule has 2 aromatic rings. The van der Waals surface area contributed by atoms with Crippen molar-refractivity contribution in [1.82, 2.24) is 0 Å². The van der Waals surface area contributed by atoms with Crippen LogP contribution in [0.5, 0.6) is 5.75 Å². The fourth-order valence-electron chi connectivity index (χ4n) is 1.28. The zero-order valence-electron chi connectivity index (χ0n) is 8.69. The lowest BCUT2D eigenvalue weighted by molar-refractivity contribution is 0.0735. The molecule has 0 aliphatic heterocycles. The highest BCUT2D eigenvalue weighted by Gasteiger charge is 2.08. The zero-order valence-corrected chi connectivity index (χ0v) is 11.6. The van der Waals surface area contributed by atoms with Gasteiger partial charge in [-0.1, -0.05) is 17.7 Å². The lowest BCUT2D eigenvalue weighted by Gasteiger charge is -2.04. The summed E-state index contributed by atoms with van der Waals surface area (Å²) >= 11 is 7.99. The second kappa shape index (κ2) is 5.51. The summed E-state index contributed by atoms with van der Waals surface area (Å²) in [6.45, 7) is 0. The van der Waals surface area contributed by atoms with Crippen molar-refractivity contribution in [3.05, 3.63) is 62.7 Å². The summed E-state index contributed by atoms with van der Waals surface area (Å²) in [5.41, 5.74) is 0.441. The van der Waals surface area contributed by atoms with Crippen LogP contribution in [0.2, 0.25) is 5.02 Å². The molecule has 0 bridgehead atoms. The molecule has 17 heavy (non-hydrogen) atoms. The Hall–Kier alpha value is -1.07. The molecule has 0 heterocycles. The van der Waals surface area contributed by atoms with Gasteiger partial charge < -0.3 is 4.74 Å². The Bertz CT molecular complexity index is 537. The van der Waals surface area contributed by atoms with Gasteiger partial charge in [0.1, 0.15) is 5.75 Å². The van der Waals surface area contributed by atoms with Crippen LogP contribution in [-0.2, 0) is 0 Å². The lowest BCUT2D eigenvalue weighted by atomic mass is 10.2. The molecule has 0 aliphatic carbocycles. The number of rotatable bonds is 2. The molecule has 86 valence electrons. The second-order valence-electron chi connectivity index (χ2n) is 3.35. The number of esters is 1. The highest BCUT2D eigenvalue weighted by atomic mass is 127. The number of ether oxygens (including phenoxy) is 1. The minimum Gasteiger partial charge on any atom is -0.423 e. The average Bonchev–Trinajstić information content (AvgIpc) is 2.32. The predicted molar refractivity (Wildman–Crippen MR) is 75.6 cm³/mol. The Morgan fingerprint density at radius 3 is 2.47 bits per heavy atom. The molecule has 2 nitrogen and oxygen atoms in total. The van der Waals surface area contributed by atoms with Gasteiger partial charge in [0.25, 0.3) is 0 Å². The van der Waals surface area contributed by atoms with Gasteiger partial charge in [-0.2, -0.15) is 0 Å². The number of carbonyl (C=O) groups excluding carboxylic acids is 1. The van der Waals surface area contributed by atoms with E-state index in [2.05, 4.69) is 22.6 Å². The normalized spacial score (nSPS) is 10.0. The van der Waals surface area contributed by atoms with Crippen molar-refractivity contribution in [1.29, 1.82) is 0 Å². The van der Waals surface area contributed by atoms with Gasteiger partial charge in [-0.15, -0.1) is 0 Å². The quantitative estimate of drug-likeness (QED) is 0.458. The van der Waals surface area contributed by atoms with Crippen LogP contribution in [0.3, 0.4) is 0 Å². The van der Waals surface area contributed by atoms with Gasteiger partial charge in [-0.25, -0.2) is 4.79 Å². The van der Waals surface area contributed by atoms with Crippen LogP contribution in [0.4, 0.5) is 0 Å². The van der Waals surface area contributed by atoms with Crippen molar-refractivity contribution in [2.45, 2.75) is 0 Å². The molecular formula is C13H8ClIO2. The first-order valence-electron chi connectivity index (χ1n) is 4.88. The van der Waals surface area contributed by atoms with Gasteiger partial charge in [-0.05, 0) is 65.1 Å². The van der Waals surface area contributed by atoms with E-state index in [0.29, 0.717) is 16.3 Å². The number of benzene rings is 2. The highest BCUT2D eigenvalue weighted by Crippen LogP contribution is 2.16. The first-order valence-corrected chi connectivity index (χ1v) is 6.34. The van der Waals surface area contributed by atoms with E-state index in [1.807, 2.05) is 12.1 Å². The summed E-state index contributed by atoms with van der Waals surface area (Å²) in [6.07, 6.45) is 0. The minimum absolute atomic E-state index is 0.409. The van der Waals surface area contributed by atoms with Crippen LogP contribution >= 0.6 is 34.2 Å². The maximum atomic E-state index is 11.8. The monoisotopic (exact) mass is 358 g/mol. The molecule has 0 aliphatic rings. The van der Waals surface area contributed by atoms with E-state index in [4.69, 9.17) is 16.3 Å². The molecule has 0 radical (unpaired) electrons. The summed E-state index contributed by atoms with van der Waals surface area (Å²) in [6, 6.07) is 13.9. The van der Waals surface area contributed by atoms with Gasteiger partial charge in [0.2, 0.25) is 0 Å². The minimum atomic E-state index is -0.409. The molecule has 0 aromatic heterocycles. The molecule has 4 heteroatoms.